The fraction of sp³-hybridized carbons (Fsp3) is 0.429. The zero-order chi connectivity index (χ0) is 23.8. The Bertz CT molecular complexity index is 787. The molecule has 0 saturated heterocycles. The topological polar surface area (TPSA) is 41.5 Å². The SMILES string of the molecule is O=C(NN=Cc1ccccc1)C(F)(F)C(F)(F)C(F)(F)C(F)(F)C(F)(F)C(F)(F)F. The number of halogens is 13. The van der Waals surface area contributed by atoms with E-state index >= 15 is 0 Å². The van der Waals surface area contributed by atoms with E-state index in [1.165, 1.54) is 30.3 Å². The molecule has 0 bridgehead atoms. The number of amides is 1. The summed E-state index contributed by atoms with van der Waals surface area (Å²) in [6.07, 6.45) is -7.01. The smallest absolute Gasteiger partial charge is 0.266 e. The number of alkyl halides is 13. The summed E-state index contributed by atoms with van der Waals surface area (Å²) in [5.41, 5.74) is 0.619. The zero-order valence-electron chi connectivity index (χ0n) is 13.7. The summed E-state index contributed by atoms with van der Waals surface area (Å²) in [4.78, 5) is 11.1. The van der Waals surface area contributed by atoms with Crippen molar-refractivity contribution in [1.82, 2.24) is 5.43 Å². The van der Waals surface area contributed by atoms with Gasteiger partial charge in [0, 0.05) is 0 Å². The lowest BCUT2D eigenvalue weighted by Gasteiger charge is -2.38. The number of carbonyl (C=O) groups excluding carboxylic acids is 1. The highest BCUT2D eigenvalue weighted by atomic mass is 19.4. The quantitative estimate of drug-likeness (QED) is 0.348. The Kier molecular flexibility index (Phi) is 6.46. The van der Waals surface area contributed by atoms with Crippen LogP contribution < -0.4 is 5.43 Å². The number of nitrogens with zero attached hydrogens (tertiary/aromatic N) is 1. The minimum atomic E-state index is -8.07. The van der Waals surface area contributed by atoms with Crippen molar-refractivity contribution in [2.24, 2.45) is 5.10 Å². The second kappa shape index (κ2) is 7.61. The van der Waals surface area contributed by atoms with Crippen molar-refractivity contribution in [1.29, 1.82) is 0 Å². The molecule has 1 rings (SSSR count). The molecule has 1 aromatic rings. The number of nitrogens with one attached hydrogen (secondary N) is 1. The van der Waals surface area contributed by atoms with Crippen LogP contribution in [0.3, 0.4) is 0 Å². The van der Waals surface area contributed by atoms with Crippen molar-refractivity contribution in [3.8, 4) is 0 Å². The fourth-order valence-corrected chi connectivity index (χ4v) is 1.69. The molecule has 0 spiro atoms. The fourth-order valence-electron chi connectivity index (χ4n) is 1.69. The molecule has 16 heteroatoms. The Hall–Kier alpha value is -2.55. The van der Waals surface area contributed by atoms with E-state index < -0.39 is 41.7 Å². The number of hydrogen-bond acceptors (Lipinski definition) is 2. The molecule has 0 heterocycles. The third-order valence-electron chi connectivity index (χ3n) is 3.40. The molecule has 0 radical (unpaired) electrons. The van der Waals surface area contributed by atoms with Crippen LogP contribution in [0.5, 0.6) is 0 Å². The molecule has 1 amide bonds. The number of hydrogen-bond donors (Lipinski definition) is 1. The van der Waals surface area contributed by atoms with E-state index in [2.05, 4.69) is 5.10 Å². The maximum Gasteiger partial charge on any atom is 0.460 e. The maximum absolute atomic E-state index is 13.5. The van der Waals surface area contributed by atoms with Crippen LogP contribution in [0.4, 0.5) is 57.1 Å². The standard InChI is InChI=1S/C14H7F13N2O/c15-9(16,8(30)29-28-6-7-4-2-1-3-5-7)10(17,18)11(19,20)12(21,22)13(23,24)14(25,26)27/h1-6H,(H,29,30). The molecular weight excluding hydrogens is 459 g/mol. The van der Waals surface area contributed by atoms with Crippen LogP contribution in [0.1, 0.15) is 5.56 Å². The number of carbonyl (C=O) groups is 1. The van der Waals surface area contributed by atoms with Gasteiger partial charge < -0.3 is 0 Å². The average molecular weight is 466 g/mol. The second-order valence-electron chi connectivity index (χ2n) is 5.48. The molecule has 0 aliphatic carbocycles. The second-order valence-corrected chi connectivity index (χ2v) is 5.48. The van der Waals surface area contributed by atoms with Gasteiger partial charge in [-0.2, -0.15) is 62.2 Å². The van der Waals surface area contributed by atoms with E-state index in [4.69, 9.17) is 0 Å². The summed E-state index contributed by atoms with van der Waals surface area (Å²) in [7, 11) is 0. The Morgan fingerprint density at radius 1 is 0.700 bits per heavy atom. The van der Waals surface area contributed by atoms with E-state index in [-0.39, 0.29) is 5.56 Å². The molecular formula is C14H7F13N2O. The lowest BCUT2D eigenvalue weighted by Crippen LogP contribution is -2.71. The highest BCUT2D eigenvalue weighted by Crippen LogP contribution is 2.60. The van der Waals surface area contributed by atoms with Gasteiger partial charge in [0.15, 0.2) is 0 Å². The summed E-state index contributed by atoms with van der Waals surface area (Å²) < 4.78 is 167. The summed E-state index contributed by atoms with van der Waals surface area (Å²) in [5, 5.41) is 2.66. The van der Waals surface area contributed by atoms with Crippen molar-refractivity contribution in [3.05, 3.63) is 35.9 Å². The van der Waals surface area contributed by atoms with Crippen LogP contribution in [0, 0.1) is 0 Å². The van der Waals surface area contributed by atoms with E-state index in [0.717, 1.165) is 0 Å². The van der Waals surface area contributed by atoms with E-state index in [1.807, 2.05) is 0 Å². The first kappa shape index (κ1) is 25.5. The molecule has 30 heavy (non-hydrogen) atoms. The van der Waals surface area contributed by atoms with Gasteiger partial charge in [0.25, 0.3) is 0 Å². The van der Waals surface area contributed by atoms with Crippen molar-refractivity contribution in [2.45, 2.75) is 35.8 Å². The predicted octanol–water partition coefficient (Wildman–Crippen LogP) is 4.88. The summed E-state index contributed by atoms with van der Waals surface area (Å²) in [5.74, 6) is -42.0. The van der Waals surface area contributed by atoms with Crippen LogP contribution in [0.25, 0.3) is 0 Å². The molecule has 3 nitrogen and oxygen atoms in total. The molecule has 0 aliphatic heterocycles. The van der Waals surface area contributed by atoms with Crippen molar-refractivity contribution < 1.29 is 61.9 Å². The zero-order valence-corrected chi connectivity index (χ0v) is 13.7. The Morgan fingerprint density at radius 2 is 1.13 bits per heavy atom. The van der Waals surface area contributed by atoms with Gasteiger partial charge in [-0.15, -0.1) is 0 Å². The van der Waals surface area contributed by atoms with Crippen LogP contribution in [0.15, 0.2) is 35.4 Å². The Balaban J connectivity index is 3.24. The Morgan fingerprint density at radius 3 is 1.57 bits per heavy atom. The number of rotatable bonds is 7. The molecule has 0 aliphatic rings. The molecule has 0 fully saturated rings. The van der Waals surface area contributed by atoms with Crippen LogP contribution >= 0.6 is 0 Å². The summed E-state index contributed by atoms with van der Waals surface area (Å²) >= 11 is 0. The third kappa shape index (κ3) is 3.90. The van der Waals surface area contributed by atoms with Gasteiger partial charge in [-0.1, -0.05) is 30.3 Å². The molecule has 1 N–H and O–H groups in total. The highest BCUT2D eigenvalue weighted by Gasteiger charge is 2.91. The Labute approximate surface area is 157 Å². The first-order valence-corrected chi connectivity index (χ1v) is 7.09. The number of hydrazone groups is 1. The van der Waals surface area contributed by atoms with Gasteiger partial charge in [0.2, 0.25) is 0 Å². The molecule has 0 saturated carbocycles. The summed E-state index contributed by atoms with van der Waals surface area (Å²) in [6.45, 7) is 0. The van der Waals surface area contributed by atoms with E-state index in [0.29, 0.717) is 11.6 Å². The minimum absolute atomic E-state index is 0.0366. The molecule has 0 unspecified atom stereocenters. The normalized spacial score (nSPS) is 14.8. The van der Waals surface area contributed by atoms with Gasteiger partial charge in [0.1, 0.15) is 0 Å². The predicted molar refractivity (Wildman–Crippen MR) is 73.0 cm³/mol. The lowest BCUT2D eigenvalue weighted by atomic mass is 9.93. The molecule has 170 valence electrons. The first-order chi connectivity index (χ1) is 13.2. The van der Waals surface area contributed by atoms with E-state index in [9.17, 15) is 61.9 Å². The minimum Gasteiger partial charge on any atom is -0.266 e. The third-order valence-corrected chi connectivity index (χ3v) is 3.40. The molecule has 1 aromatic carbocycles. The van der Waals surface area contributed by atoms with Crippen molar-refractivity contribution in [2.75, 3.05) is 0 Å². The molecule has 0 aromatic heterocycles. The maximum atomic E-state index is 13.5. The highest BCUT2D eigenvalue weighted by molar-refractivity contribution is 5.87. The van der Waals surface area contributed by atoms with Crippen molar-refractivity contribution in [3.63, 3.8) is 0 Å². The monoisotopic (exact) mass is 466 g/mol. The first-order valence-electron chi connectivity index (χ1n) is 7.09. The van der Waals surface area contributed by atoms with Crippen molar-refractivity contribution >= 4 is 12.1 Å². The largest absolute Gasteiger partial charge is 0.460 e. The van der Waals surface area contributed by atoms with Crippen LogP contribution in [0.2, 0.25) is 0 Å². The van der Waals surface area contributed by atoms with Gasteiger partial charge in [-0.3, -0.25) is 4.79 Å². The number of benzene rings is 1. The van der Waals surface area contributed by atoms with E-state index in [1.54, 1.807) is 0 Å². The average Bonchev–Trinajstić information content (AvgIpc) is 2.60. The van der Waals surface area contributed by atoms with Gasteiger partial charge in [-0.05, 0) is 5.56 Å². The lowest BCUT2D eigenvalue weighted by molar-refractivity contribution is -0.436. The van der Waals surface area contributed by atoms with Gasteiger partial charge in [0.05, 0.1) is 6.21 Å². The van der Waals surface area contributed by atoms with Crippen LogP contribution in [-0.4, -0.2) is 47.9 Å². The van der Waals surface area contributed by atoms with Gasteiger partial charge >= 0.3 is 41.7 Å². The van der Waals surface area contributed by atoms with Gasteiger partial charge in [-0.25, -0.2) is 5.43 Å². The van der Waals surface area contributed by atoms with Crippen LogP contribution in [-0.2, 0) is 4.79 Å². The molecule has 0 atom stereocenters. The summed E-state index contributed by atoms with van der Waals surface area (Å²) in [6, 6.07) is 6.57.